The van der Waals surface area contributed by atoms with Crippen LogP contribution < -0.4 is 15.4 Å². The van der Waals surface area contributed by atoms with Crippen molar-refractivity contribution in [3.8, 4) is 5.75 Å². The summed E-state index contributed by atoms with van der Waals surface area (Å²) in [7, 11) is 3.71. The van der Waals surface area contributed by atoms with Crippen LogP contribution >= 0.6 is 0 Å². The van der Waals surface area contributed by atoms with Gasteiger partial charge in [0.2, 0.25) is 0 Å². The number of rotatable bonds is 7. The monoisotopic (exact) mass is 251 g/mol. The van der Waals surface area contributed by atoms with Gasteiger partial charge in [-0.05, 0) is 37.1 Å². The number of ether oxygens (including phenoxy) is 1. The van der Waals surface area contributed by atoms with Crippen LogP contribution in [0.2, 0.25) is 0 Å². The van der Waals surface area contributed by atoms with Gasteiger partial charge in [0, 0.05) is 25.7 Å². The number of unbranched alkanes of at least 4 members (excludes halogenated alkanes) is 1. The van der Waals surface area contributed by atoms with Crippen LogP contribution in [0.4, 0.5) is 5.69 Å². The van der Waals surface area contributed by atoms with Crippen molar-refractivity contribution < 1.29 is 9.94 Å². The van der Waals surface area contributed by atoms with E-state index < -0.39 is 0 Å². The van der Waals surface area contributed by atoms with Crippen molar-refractivity contribution >= 4 is 11.5 Å². The molecule has 0 fully saturated rings. The molecule has 18 heavy (non-hydrogen) atoms. The first-order valence-electron chi connectivity index (χ1n) is 5.99. The van der Waals surface area contributed by atoms with Crippen LogP contribution in [0.5, 0.6) is 5.75 Å². The Balaban J connectivity index is 2.33. The van der Waals surface area contributed by atoms with Crippen molar-refractivity contribution in [2.24, 2.45) is 10.9 Å². The fraction of sp³-hybridized carbons (Fsp3) is 0.462. The fourth-order valence-corrected chi connectivity index (χ4v) is 1.67. The van der Waals surface area contributed by atoms with E-state index in [1.807, 2.05) is 31.3 Å². The number of hydrogen-bond donors (Lipinski definition) is 2. The zero-order valence-electron chi connectivity index (χ0n) is 11.0. The van der Waals surface area contributed by atoms with E-state index in [9.17, 15) is 0 Å². The van der Waals surface area contributed by atoms with Crippen molar-refractivity contribution in [2.75, 3.05) is 25.6 Å². The molecule has 0 unspecified atom stereocenters. The molecular formula is C13H21N3O2. The van der Waals surface area contributed by atoms with E-state index in [4.69, 9.17) is 15.7 Å². The Kier molecular flexibility index (Phi) is 5.84. The number of hydrogen-bond acceptors (Lipinski definition) is 4. The predicted molar refractivity (Wildman–Crippen MR) is 73.5 cm³/mol. The van der Waals surface area contributed by atoms with Crippen LogP contribution in [-0.4, -0.2) is 31.7 Å². The van der Waals surface area contributed by atoms with Crippen LogP contribution in [-0.2, 0) is 0 Å². The first-order valence-corrected chi connectivity index (χ1v) is 5.99. The highest BCUT2D eigenvalue weighted by atomic mass is 16.5. The lowest BCUT2D eigenvalue weighted by molar-refractivity contribution is 0.316. The van der Waals surface area contributed by atoms with Crippen molar-refractivity contribution in [1.82, 2.24) is 0 Å². The molecule has 0 heterocycles. The minimum Gasteiger partial charge on any atom is -0.497 e. The molecule has 5 nitrogen and oxygen atoms in total. The van der Waals surface area contributed by atoms with Gasteiger partial charge >= 0.3 is 0 Å². The molecule has 0 saturated heterocycles. The summed E-state index contributed by atoms with van der Waals surface area (Å²) >= 11 is 0. The minimum absolute atomic E-state index is 0.294. The van der Waals surface area contributed by atoms with E-state index >= 15 is 0 Å². The number of anilines is 1. The van der Waals surface area contributed by atoms with Gasteiger partial charge in [-0.3, -0.25) is 0 Å². The first-order chi connectivity index (χ1) is 8.67. The summed E-state index contributed by atoms with van der Waals surface area (Å²) in [6.07, 6.45) is 2.54. The summed E-state index contributed by atoms with van der Waals surface area (Å²) in [6.45, 7) is 0.936. The maximum atomic E-state index is 8.41. The van der Waals surface area contributed by atoms with Gasteiger partial charge in [0.15, 0.2) is 0 Å². The van der Waals surface area contributed by atoms with Crippen LogP contribution in [0.25, 0.3) is 0 Å². The molecule has 0 atom stereocenters. The van der Waals surface area contributed by atoms with Gasteiger partial charge in [-0.1, -0.05) is 5.16 Å². The minimum atomic E-state index is 0.294. The highest BCUT2D eigenvalue weighted by Crippen LogP contribution is 2.18. The zero-order chi connectivity index (χ0) is 13.4. The molecule has 1 aromatic carbocycles. The number of nitrogens with two attached hydrogens (primary N) is 1. The van der Waals surface area contributed by atoms with Crippen LogP contribution in [0, 0.1) is 0 Å². The topological polar surface area (TPSA) is 71.1 Å². The van der Waals surface area contributed by atoms with E-state index in [1.54, 1.807) is 7.11 Å². The van der Waals surface area contributed by atoms with Gasteiger partial charge in [0.25, 0.3) is 0 Å². The smallest absolute Gasteiger partial charge is 0.139 e. The number of amidine groups is 1. The van der Waals surface area contributed by atoms with E-state index in [1.165, 1.54) is 0 Å². The summed E-state index contributed by atoms with van der Waals surface area (Å²) in [4.78, 5) is 2.17. The molecule has 0 amide bonds. The van der Waals surface area contributed by atoms with Crippen molar-refractivity contribution in [3.63, 3.8) is 0 Å². The summed E-state index contributed by atoms with van der Waals surface area (Å²) in [6, 6.07) is 7.95. The summed E-state index contributed by atoms with van der Waals surface area (Å²) in [5.41, 5.74) is 6.56. The molecular weight excluding hydrogens is 230 g/mol. The lowest BCUT2D eigenvalue weighted by Gasteiger charge is -2.19. The molecule has 0 aliphatic heterocycles. The molecule has 0 bridgehead atoms. The first kappa shape index (κ1) is 14.2. The molecule has 1 aromatic rings. The summed E-state index contributed by atoms with van der Waals surface area (Å²) < 4.78 is 5.12. The number of nitrogens with zero attached hydrogens (tertiary/aromatic N) is 2. The third kappa shape index (κ3) is 4.53. The van der Waals surface area contributed by atoms with E-state index in [0.29, 0.717) is 12.3 Å². The fourth-order valence-electron chi connectivity index (χ4n) is 1.67. The molecule has 3 N–H and O–H groups in total. The van der Waals surface area contributed by atoms with Gasteiger partial charge in [-0.2, -0.15) is 0 Å². The van der Waals surface area contributed by atoms with E-state index in [0.717, 1.165) is 30.8 Å². The maximum absolute atomic E-state index is 8.41. The second-order valence-corrected chi connectivity index (χ2v) is 4.17. The molecule has 0 saturated carbocycles. The molecule has 1 rings (SSSR count). The molecule has 5 heteroatoms. The lowest BCUT2D eigenvalue weighted by Crippen LogP contribution is -2.19. The second kappa shape index (κ2) is 7.42. The Hall–Kier alpha value is -1.91. The largest absolute Gasteiger partial charge is 0.497 e. The Bertz CT molecular complexity index is 376. The molecule has 0 aromatic heterocycles. The average molecular weight is 251 g/mol. The van der Waals surface area contributed by atoms with Crippen LogP contribution in [0.1, 0.15) is 19.3 Å². The van der Waals surface area contributed by atoms with Crippen molar-refractivity contribution in [2.45, 2.75) is 19.3 Å². The third-order valence-electron chi connectivity index (χ3n) is 2.82. The Morgan fingerprint density at radius 3 is 2.56 bits per heavy atom. The van der Waals surface area contributed by atoms with Gasteiger partial charge in [0.1, 0.15) is 11.6 Å². The normalized spacial score (nSPS) is 11.3. The molecule has 0 aliphatic rings. The van der Waals surface area contributed by atoms with Crippen LogP contribution in [0.15, 0.2) is 29.4 Å². The van der Waals surface area contributed by atoms with E-state index in [2.05, 4.69) is 10.1 Å². The lowest BCUT2D eigenvalue weighted by atomic mass is 10.2. The number of oxime groups is 1. The SMILES string of the molecule is COc1ccc(N(C)CCCCC(N)=NO)cc1. The quantitative estimate of drug-likeness (QED) is 0.256. The van der Waals surface area contributed by atoms with Crippen molar-refractivity contribution in [3.05, 3.63) is 24.3 Å². The highest BCUT2D eigenvalue weighted by molar-refractivity contribution is 5.79. The highest BCUT2D eigenvalue weighted by Gasteiger charge is 2.01. The summed E-state index contributed by atoms with van der Waals surface area (Å²) in [5.74, 6) is 1.15. The average Bonchev–Trinajstić information content (AvgIpc) is 2.43. The maximum Gasteiger partial charge on any atom is 0.139 e. The Labute approximate surface area is 108 Å². The molecule has 0 aliphatic carbocycles. The van der Waals surface area contributed by atoms with Gasteiger partial charge in [-0.25, -0.2) is 0 Å². The van der Waals surface area contributed by atoms with Crippen LogP contribution in [0.3, 0.4) is 0 Å². The molecule has 100 valence electrons. The summed E-state index contributed by atoms with van der Waals surface area (Å²) in [5, 5.41) is 11.4. The van der Waals surface area contributed by atoms with Gasteiger partial charge in [0.05, 0.1) is 7.11 Å². The second-order valence-electron chi connectivity index (χ2n) is 4.17. The predicted octanol–water partition coefficient (Wildman–Crippen LogP) is 2.05. The van der Waals surface area contributed by atoms with Gasteiger partial charge < -0.3 is 20.6 Å². The third-order valence-corrected chi connectivity index (χ3v) is 2.82. The Morgan fingerprint density at radius 1 is 1.33 bits per heavy atom. The van der Waals surface area contributed by atoms with E-state index in [-0.39, 0.29) is 0 Å². The molecule has 0 spiro atoms. The number of benzene rings is 1. The standard InChI is InChI=1S/C13H21N3O2/c1-16(10-4-3-5-13(14)15-17)11-6-8-12(18-2)9-7-11/h6-9,17H,3-5,10H2,1-2H3,(H2,14,15). The zero-order valence-corrected chi connectivity index (χ0v) is 11.0. The van der Waals surface area contributed by atoms with Gasteiger partial charge in [-0.15, -0.1) is 0 Å². The Morgan fingerprint density at radius 2 is 2.00 bits per heavy atom. The van der Waals surface area contributed by atoms with Crippen molar-refractivity contribution in [1.29, 1.82) is 0 Å². The molecule has 0 radical (unpaired) electrons. The number of methoxy groups -OCH3 is 1.